The smallest absolute Gasteiger partial charge is 0.333 e. The van der Waals surface area contributed by atoms with E-state index in [1.54, 1.807) is 6.92 Å². The molecule has 1 atom stereocenters. The van der Waals surface area contributed by atoms with Crippen LogP contribution in [0.4, 0.5) is 0 Å². The van der Waals surface area contributed by atoms with Crippen molar-refractivity contribution in [3.63, 3.8) is 0 Å². The number of amides is 1. The summed E-state index contributed by atoms with van der Waals surface area (Å²) in [6.45, 7) is 8.63. The predicted octanol–water partition coefficient (Wildman–Crippen LogP) is 1.87. The van der Waals surface area contributed by atoms with Crippen LogP contribution >= 0.6 is 0 Å². The number of nitrogens with zero attached hydrogens (tertiary/aromatic N) is 1. The molecule has 0 radical (unpaired) electrons. The van der Waals surface area contributed by atoms with Crippen LogP contribution in [0.2, 0.25) is 0 Å². The molecule has 0 fully saturated rings. The lowest BCUT2D eigenvalue weighted by atomic mass is 10.0. The van der Waals surface area contributed by atoms with Gasteiger partial charge >= 0.3 is 5.97 Å². The van der Waals surface area contributed by atoms with E-state index in [9.17, 15) is 14.4 Å². The van der Waals surface area contributed by atoms with Crippen molar-refractivity contribution in [1.29, 1.82) is 0 Å². The molecule has 0 saturated carbocycles. The molecule has 0 aliphatic heterocycles. The Balaban J connectivity index is 4.81. The van der Waals surface area contributed by atoms with Crippen LogP contribution in [0.1, 0.15) is 40.0 Å². The number of carbonyl (C=O) groups is 3. The first-order chi connectivity index (χ1) is 8.47. The van der Waals surface area contributed by atoms with E-state index in [2.05, 4.69) is 6.58 Å². The van der Waals surface area contributed by atoms with Crippen LogP contribution < -0.4 is 0 Å². The van der Waals surface area contributed by atoms with Gasteiger partial charge in [-0.05, 0) is 19.8 Å². The first kappa shape index (κ1) is 16.4. The Labute approximate surface area is 108 Å². The molecular formula is C13H21NO4. The van der Waals surface area contributed by atoms with Gasteiger partial charge in [0.05, 0.1) is 12.5 Å². The molecule has 0 aliphatic rings. The Morgan fingerprint density at radius 1 is 1.33 bits per heavy atom. The normalized spacial score (nSPS) is 11.5. The fourth-order valence-electron chi connectivity index (χ4n) is 1.46. The van der Waals surface area contributed by atoms with Crippen molar-refractivity contribution in [2.75, 3.05) is 6.54 Å². The van der Waals surface area contributed by atoms with E-state index in [0.717, 1.165) is 17.6 Å². The van der Waals surface area contributed by atoms with Gasteiger partial charge in [0.25, 0.3) is 5.91 Å². The number of unbranched alkanes of at least 4 members (excludes halogenated alkanes) is 1. The van der Waals surface area contributed by atoms with Crippen molar-refractivity contribution >= 4 is 17.7 Å². The number of rotatable bonds is 7. The molecule has 0 aromatic heterocycles. The number of ketones is 1. The van der Waals surface area contributed by atoms with Crippen LogP contribution in [0.5, 0.6) is 0 Å². The van der Waals surface area contributed by atoms with Crippen LogP contribution in [0.25, 0.3) is 0 Å². The molecule has 5 nitrogen and oxygen atoms in total. The molecule has 0 N–H and O–H groups in total. The number of hydrogen-bond acceptors (Lipinski definition) is 4. The van der Waals surface area contributed by atoms with E-state index in [-0.39, 0.29) is 5.78 Å². The minimum Gasteiger partial charge on any atom is -0.333 e. The largest absolute Gasteiger partial charge is 0.355 e. The first-order valence-electron chi connectivity index (χ1n) is 6.14. The molecule has 0 heterocycles. The topological polar surface area (TPSA) is 63.7 Å². The highest BCUT2D eigenvalue weighted by atomic mass is 16.7. The summed E-state index contributed by atoms with van der Waals surface area (Å²) < 4.78 is 0. The van der Waals surface area contributed by atoms with Crippen molar-refractivity contribution in [3.8, 4) is 0 Å². The summed E-state index contributed by atoms with van der Waals surface area (Å²) in [7, 11) is 0. The van der Waals surface area contributed by atoms with E-state index in [4.69, 9.17) is 4.84 Å². The molecule has 18 heavy (non-hydrogen) atoms. The van der Waals surface area contributed by atoms with Gasteiger partial charge in [0.2, 0.25) is 0 Å². The van der Waals surface area contributed by atoms with Gasteiger partial charge in [-0.15, -0.1) is 0 Å². The number of carbonyl (C=O) groups excluding carboxylic acids is 3. The maximum atomic E-state index is 12.1. The molecule has 0 rings (SSSR count). The highest BCUT2D eigenvalue weighted by Crippen LogP contribution is 2.11. The van der Waals surface area contributed by atoms with E-state index in [0.29, 0.717) is 19.4 Å². The molecule has 0 saturated heterocycles. The monoisotopic (exact) mass is 255 g/mol. The highest BCUT2D eigenvalue weighted by Gasteiger charge is 2.28. The lowest BCUT2D eigenvalue weighted by Gasteiger charge is -2.23. The fraction of sp³-hybridized carbons (Fsp3) is 0.615. The molecule has 0 aromatic rings. The third-order valence-electron chi connectivity index (χ3n) is 2.52. The number of Topliss-reactive ketones (excluding diaryl/α,β-unsaturated/α-hetero) is 1. The van der Waals surface area contributed by atoms with E-state index in [1.165, 1.54) is 6.92 Å². The van der Waals surface area contributed by atoms with E-state index < -0.39 is 17.8 Å². The second-order valence-electron chi connectivity index (χ2n) is 3.98. The van der Waals surface area contributed by atoms with Crippen LogP contribution in [0.3, 0.4) is 0 Å². The molecule has 0 spiro atoms. The van der Waals surface area contributed by atoms with Gasteiger partial charge in [-0.25, -0.2) is 4.79 Å². The average molecular weight is 255 g/mol. The lowest BCUT2D eigenvalue weighted by Crippen LogP contribution is -2.40. The highest BCUT2D eigenvalue weighted by molar-refractivity contribution is 6.00. The van der Waals surface area contributed by atoms with Crippen LogP contribution in [0.15, 0.2) is 12.7 Å². The summed E-state index contributed by atoms with van der Waals surface area (Å²) >= 11 is 0. The zero-order valence-electron chi connectivity index (χ0n) is 11.3. The maximum absolute atomic E-state index is 12.1. The van der Waals surface area contributed by atoms with E-state index >= 15 is 0 Å². The molecule has 0 bridgehead atoms. The van der Waals surface area contributed by atoms with Crippen LogP contribution in [-0.2, 0) is 19.2 Å². The van der Waals surface area contributed by atoms with Crippen molar-refractivity contribution in [2.24, 2.45) is 5.92 Å². The minimum absolute atomic E-state index is 0.223. The number of hydroxylamine groups is 2. The van der Waals surface area contributed by atoms with Crippen molar-refractivity contribution in [2.45, 2.75) is 40.0 Å². The minimum atomic E-state index is -0.750. The standard InChI is InChI=1S/C13H21NO4/c1-5-8-9-14(18-12(16)7-3)13(17)11(6-2)10(4)15/h7,11H,3,5-6,8-9H2,1-2,4H3. The van der Waals surface area contributed by atoms with Crippen molar-refractivity contribution < 1.29 is 19.2 Å². The van der Waals surface area contributed by atoms with E-state index in [1.807, 2.05) is 6.92 Å². The Morgan fingerprint density at radius 3 is 2.33 bits per heavy atom. The van der Waals surface area contributed by atoms with Gasteiger partial charge in [0.15, 0.2) is 0 Å². The molecule has 1 unspecified atom stereocenters. The molecule has 0 aromatic carbocycles. The third kappa shape index (κ3) is 5.12. The predicted molar refractivity (Wildman–Crippen MR) is 67.4 cm³/mol. The Hall–Kier alpha value is -1.65. The van der Waals surface area contributed by atoms with Gasteiger partial charge in [-0.1, -0.05) is 26.8 Å². The maximum Gasteiger partial charge on any atom is 0.355 e. The Morgan fingerprint density at radius 2 is 1.94 bits per heavy atom. The van der Waals surface area contributed by atoms with Crippen molar-refractivity contribution in [3.05, 3.63) is 12.7 Å². The van der Waals surface area contributed by atoms with Crippen LogP contribution in [0, 0.1) is 5.92 Å². The first-order valence-corrected chi connectivity index (χ1v) is 6.14. The zero-order valence-corrected chi connectivity index (χ0v) is 11.3. The fourth-order valence-corrected chi connectivity index (χ4v) is 1.46. The third-order valence-corrected chi connectivity index (χ3v) is 2.52. The van der Waals surface area contributed by atoms with Gasteiger partial charge in [0, 0.05) is 6.08 Å². The molecule has 1 amide bonds. The summed E-state index contributed by atoms with van der Waals surface area (Å²) in [5.41, 5.74) is 0. The van der Waals surface area contributed by atoms with Crippen molar-refractivity contribution in [1.82, 2.24) is 5.06 Å². The molecule has 102 valence electrons. The zero-order chi connectivity index (χ0) is 14.1. The second-order valence-corrected chi connectivity index (χ2v) is 3.98. The molecule has 0 aliphatic carbocycles. The second kappa shape index (κ2) is 8.44. The summed E-state index contributed by atoms with van der Waals surface area (Å²) in [5, 5.41) is 0.975. The summed E-state index contributed by atoms with van der Waals surface area (Å²) in [5.74, 6) is -2.13. The summed E-state index contributed by atoms with van der Waals surface area (Å²) in [6.07, 6.45) is 2.93. The summed E-state index contributed by atoms with van der Waals surface area (Å²) in [6, 6.07) is 0. The lowest BCUT2D eigenvalue weighted by molar-refractivity contribution is -0.197. The molecular weight excluding hydrogens is 234 g/mol. The quantitative estimate of drug-likeness (QED) is 0.396. The summed E-state index contributed by atoms with van der Waals surface area (Å²) in [4.78, 5) is 39.4. The Bertz CT molecular complexity index is 325. The SMILES string of the molecule is C=CC(=O)ON(CCCC)C(=O)C(CC)C(C)=O. The van der Waals surface area contributed by atoms with Gasteiger partial charge in [-0.3, -0.25) is 9.59 Å². The molecule has 5 heteroatoms. The van der Waals surface area contributed by atoms with Gasteiger partial charge in [0.1, 0.15) is 5.78 Å². The van der Waals surface area contributed by atoms with Gasteiger partial charge in [-0.2, -0.15) is 5.06 Å². The Kier molecular flexibility index (Phi) is 7.67. The average Bonchev–Trinajstić information content (AvgIpc) is 2.34. The van der Waals surface area contributed by atoms with Gasteiger partial charge < -0.3 is 4.84 Å². The van der Waals surface area contributed by atoms with Crippen LogP contribution in [-0.4, -0.2) is 29.3 Å². The number of hydrogen-bond donors (Lipinski definition) is 0.